The second-order valence-electron chi connectivity index (χ2n) is 18.7. The Bertz CT molecular complexity index is 3070. The lowest BCUT2D eigenvalue weighted by atomic mass is 9.79. The summed E-state index contributed by atoms with van der Waals surface area (Å²) in [6.07, 6.45) is 1.91. The molecule has 0 bridgehead atoms. The van der Waals surface area contributed by atoms with Gasteiger partial charge in [-0.15, -0.1) is 0 Å². The van der Waals surface area contributed by atoms with Gasteiger partial charge in [0.1, 0.15) is 11.6 Å². The van der Waals surface area contributed by atoms with Crippen LogP contribution in [0, 0.1) is 0 Å². The summed E-state index contributed by atoms with van der Waals surface area (Å²) in [4.78, 5) is 10.6. The lowest BCUT2D eigenvalue weighted by Crippen LogP contribution is -2.17. The maximum atomic E-state index is 12.5. The van der Waals surface area contributed by atoms with Crippen LogP contribution in [0.25, 0.3) is 83.5 Å². The van der Waals surface area contributed by atoms with Crippen LogP contribution >= 0.6 is 0 Å². The number of fused-ring (bicyclic) bond motifs is 2. The predicted molar refractivity (Wildman–Crippen MR) is 257 cm³/mol. The van der Waals surface area contributed by atoms with E-state index in [1.54, 1.807) is 0 Å². The molecule has 9 aromatic rings. The molecule has 0 unspecified atom stereocenters. The number of hydrogen-bond acceptors (Lipinski definition) is 3. The van der Waals surface area contributed by atoms with Gasteiger partial charge in [0.15, 0.2) is 0 Å². The van der Waals surface area contributed by atoms with Crippen LogP contribution in [-0.2, 0) is 10.8 Å². The fourth-order valence-corrected chi connectivity index (χ4v) is 8.58. The lowest BCUT2D eigenvalue weighted by Gasteiger charge is -2.27. The lowest BCUT2D eigenvalue weighted by molar-refractivity contribution is 0.446. The molecule has 0 fully saturated rings. The maximum absolute atomic E-state index is 12.5. The minimum absolute atomic E-state index is 0.180. The highest BCUT2D eigenvalue weighted by Gasteiger charge is 2.29. The van der Waals surface area contributed by atoms with E-state index in [-0.39, 0.29) is 22.5 Å². The van der Waals surface area contributed by atoms with Crippen molar-refractivity contribution in [2.75, 3.05) is 0 Å². The van der Waals surface area contributed by atoms with E-state index in [9.17, 15) is 5.11 Å². The van der Waals surface area contributed by atoms with Crippen LogP contribution in [0.15, 0.2) is 164 Å². The molecule has 0 aliphatic rings. The van der Waals surface area contributed by atoms with Gasteiger partial charge in [-0.05, 0) is 98.0 Å². The van der Waals surface area contributed by atoms with E-state index in [0.29, 0.717) is 11.4 Å². The summed E-state index contributed by atoms with van der Waals surface area (Å²) in [7, 11) is 0. The molecule has 7 aromatic carbocycles. The summed E-state index contributed by atoms with van der Waals surface area (Å²) in [5.41, 5.74) is 14.8. The van der Waals surface area contributed by atoms with Crippen LogP contribution in [0.2, 0.25) is 0 Å². The third-order valence-electron chi connectivity index (χ3n) is 12.0. The molecule has 9 rings (SSSR count). The number of aromatic nitrogens is 3. The number of rotatable bonds is 7. The van der Waals surface area contributed by atoms with Gasteiger partial charge < -0.3 is 5.11 Å². The van der Waals surface area contributed by atoms with Gasteiger partial charge in [0, 0.05) is 33.8 Å². The number of pyridine rings is 1. The third-order valence-corrected chi connectivity index (χ3v) is 12.0. The van der Waals surface area contributed by atoms with Crippen LogP contribution in [0.4, 0.5) is 0 Å². The highest BCUT2D eigenvalue weighted by Crippen LogP contribution is 2.46. The molecule has 0 amide bonds. The standard InChI is InChI=1S/C57H53N3O/c1-36(2)41-30-42(32-43(31-41)52-45-23-16-15-22-39(45)28-29-58-52)46-24-17-25-51-53(46)59-55(48-34-44(56(3,4)5)35-49(54(48)61)57(6,7)8)60(51)50-27-26-40(37-18-11-9-12-19-37)33-47(50)38-20-13-10-14-21-38/h9-36,61H,1-8H3. The van der Waals surface area contributed by atoms with Crippen molar-refractivity contribution >= 4 is 21.8 Å². The van der Waals surface area contributed by atoms with Crippen molar-refractivity contribution in [1.29, 1.82) is 0 Å². The first-order valence-corrected chi connectivity index (χ1v) is 21.4. The average Bonchev–Trinajstić information content (AvgIpc) is 3.65. The molecule has 0 aliphatic carbocycles. The second kappa shape index (κ2) is 15.4. The van der Waals surface area contributed by atoms with Crippen molar-refractivity contribution in [3.05, 3.63) is 181 Å². The summed E-state index contributed by atoms with van der Waals surface area (Å²) in [5.74, 6) is 1.23. The molecular formula is C57H53N3O. The average molecular weight is 796 g/mol. The van der Waals surface area contributed by atoms with Crippen molar-refractivity contribution in [2.45, 2.75) is 72.1 Å². The number of para-hydroxylation sites is 1. The van der Waals surface area contributed by atoms with Gasteiger partial charge in [0.05, 0.1) is 28.0 Å². The summed E-state index contributed by atoms with van der Waals surface area (Å²) in [5, 5.41) is 14.8. The highest BCUT2D eigenvalue weighted by molar-refractivity contribution is 6.00. The van der Waals surface area contributed by atoms with E-state index in [2.05, 4.69) is 218 Å². The third kappa shape index (κ3) is 7.42. The largest absolute Gasteiger partial charge is 0.507 e. The molecule has 0 atom stereocenters. The van der Waals surface area contributed by atoms with E-state index < -0.39 is 0 Å². The number of phenolic OH excluding ortho intramolecular Hbond substituents is 1. The van der Waals surface area contributed by atoms with E-state index >= 15 is 0 Å². The van der Waals surface area contributed by atoms with E-state index in [1.807, 2.05) is 6.20 Å². The number of phenols is 1. The van der Waals surface area contributed by atoms with Crippen molar-refractivity contribution < 1.29 is 5.11 Å². The molecule has 0 spiro atoms. The van der Waals surface area contributed by atoms with Gasteiger partial charge in [-0.25, -0.2) is 4.98 Å². The topological polar surface area (TPSA) is 50.9 Å². The first kappa shape index (κ1) is 39.7. The van der Waals surface area contributed by atoms with Gasteiger partial charge in [0.25, 0.3) is 0 Å². The Morgan fingerprint density at radius 1 is 0.541 bits per heavy atom. The van der Waals surface area contributed by atoms with Crippen LogP contribution in [-0.4, -0.2) is 19.6 Å². The normalized spacial score (nSPS) is 12.1. The fraction of sp³-hybridized carbons (Fsp3) is 0.193. The minimum Gasteiger partial charge on any atom is -0.507 e. The molecule has 0 saturated carbocycles. The van der Waals surface area contributed by atoms with Crippen LogP contribution < -0.4 is 0 Å². The Morgan fingerprint density at radius 3 is 1.93 bits per heavy atom. The van der Waals surface area contributed by atoms with Crippen LogP contribution in [0.1, 0.15) is 78.0 Å². The van der Waals surface area contributed by atoms with Gasteiger partial charge >= 0.3 is 0 Å². The number of nitrogens with zero attached hydrogens (tertiary/aromatic N) is 3. The van der Waals surface area contributed by atoms with Gasteiger partial charge in [-0.3, -0.25) is 9.55 Å². The summed E-state index contributed by atoms with van der Waals surface area (Å²) in [6, 6.07) is 56.1. The fourth-order valence-electron chi connectivity index (χ4n) is 8.58. The zero-order valence-electron chi connectivity index (χ0n) is 36.5. The van der Waals surface area contributed by atoms with E-state index in [1.165, 1.54) is 5.56 Å². The number of hydrogen-bond donors (Lipinski definition) is 1. The van der Waals surface area contributed by atoms with E-state index in [0.717, 1.165) is 83.3 Å². The summed E-state index contributed by atoms with van der Waals surface area (Å²) >= 11 is 0. The molecule has 0 radical (unpaired) electrons. The zero-order chi connectivity index (χ0) is 42.6. The summed E-state index contributed by atoms with van der Waals surface area (Å²) in [6.45, 7) is 17.7. The molecular weight excluding hydrogens is 743 g/mol. The molecule has 61 heavy (non-hydrogen) atoms. The van der Waals surface area contributed by atoms with Gasteiger partial charge in [-0.2, -0.15) is 0 Å². The summed E-state index contributed by atoms with van der Waals surface area (Å²) < 4.78 is 2.28. The number of benzene rings is 7. The highest BCUT2D eigenvalue weighted by atomic mass is 16.3. The van der Waals surface area contributed by atoms with Gasteiger partial charge in [0.2, 0.25) is 0 Å². The second-order valence-corrected chi connectivity index (χ2v) is 18.7. The Kier molecular flexibility index (Phi) is 9.99. The van der Waals surface area contributed by atoms with Gasteiger partial charge in [-0.1, -0.05) is 171 Å². The Morgan fingerprint density at radius 2 is 1.23 bits per heavy atom. The monoisotopic (exact) mass is 795 g/mol. The zero-order valence-corrected chi connectivity index (χ0v) is 36.5. The molecule has 0 aliphatic heterocycles. The molecule has 4 nitrogen and oxygen atoms in total. The first-order chi connectivity index (χ1) is 29.3. The quantitative estimate of drug-likeness (QED) is 0.175. The van der Waals surface area contributed by atoms with Crippen LogP contribution in [0.3, 0.4) is 0 Å². The number of aromatic hydroxyl groups is 1. The molecule has 0 saturated heterocycles. The van der Waals surface area contributed by atoms with E-state index in [4.69, 9.17) is 9.97 Å². The minimum atomic E-state index is -0.321. The molecule has 302 valence electrons. The predicted octanol–water partition coefficient (Wildman–Crippen LogP) is 15.3. The van der Waals surface area contributed by atoms with Crippen molar-refractivity contribution in [1.82, 2.24) is 14.5 Å². The Labute approximate surface area is 360 Å². The molecule has 2 aromatic heterocycles. The maximum Gasteiger partial charge on any atom is 0.149 e. The molecule has 1 N–H and O–H groups in total. The van der Waals surface area contributed by atoms with Crippen molar-refractivity contribution in [2.24, 2.45) is 0 Å². The van der Waals surface area contributed by atoms with Crippen LogP contribution in [0.5, 0.6) is 5.75 Å². The van der Waals surface area contributed by atoms with Crippen molar-refractivity contribution in [3.8, 4) is 67.5 Å². The van der Waals surface area contributed by atoms with Crippen molar-refractivity contribution in [3.63, 3.8) is 0 Å². The molecule has 2 heterocycles. The SMILES string of the molecule is CC(C)c1cc(-c2nccc3ccccc23)cc(-c2cccc3c2nc(-c2cc(C(C)(C)C)cc(C(C)(C)C)c2O)n3-c2ccc(-c3ccccc3)cc2-c2ccccc2)c1. The molecule has 4 heteroatoms. The Balaban J connectivity index is 1.38. The first-order valence-electron chi connectivity index (χ1n) is 21.4. The number of imidazole rings is 1. The smallest absolute Gasteiger partial charge is 0.149 e. The Hall–Kier alpha value is -6.78.